The maximum Gasteiger partial charge on any atom is 0.270 e. The molecule has 0 saturated heterocycles. The lowest BCUT2D eigenvalue weighted by atomic mass is 9.71. The number of non-ortho nitro benzene ring substituents is 2. The van der Waals surface area contributed by atoms with Crippen LogP contribution in [0.2, 0.25) is 0 Å². The number of carbonyl (C=O) groups is 4. The van der Waals surface area contributed by atoms with E-state index in [-0.39, 0.29) is 33.6 Å². The number of imide groups is 2. The smallest absolute Gasteiger partial charge is 0.270 e. The van der Waals surface area contributed by atoms with Gasteiger partial charge in [-0.1, -0.05) is 54.6 Å². The van der Waals surface area contributed by atoms with Crippen molar-refractivity contribution in [2.45, 2.75) is 12.3 Å². The van der Waals surface area contributed by atoms with Crippen LogP contribution in [0.1, 0.15) is 65.0 Å². The molecular weight excluding hydrogens is 793 g/mol. The van der Waals surface area contributed by atoms with Gasteiger partial charge < -0.3 is 9.47 Å². The van der Waals surface area contributed by atoms with Gasteiger partial charge >= 0.3 is 0 Å². The number of anilines is 2. The number of amides is 4. The zero-order valence-corrected chi connectivity index (χ0v) is 32.5. The standard InChI is InChI=1S/C48H30N4O10/c1-48(29-5-3-2-4-6-29,30-7-17-36(18-8-30)61-38-21-11-32(12-22-38)49-44(53)40-25-15-34(51(57)58)27-42(40)46(49)55)31-9-19-37(20-10-31)62-39-23-13-33(14-24-39)50-45(54)41-26-16-35(52(59)60)28-43(41)47(50)56/h2-28H,1H3. The highest BCUT2D eigenvalue weighted by Crippen LogP contribution is 2.41. The van der Waals surface area contributed by atoms with E-state index in [0.29, 0.717) is 34.4 Å². The Bertz CT molecular complexity index is 2810. The van der Waals surface area contributed by atoms with Gasteiger partial charge in [0.1, 0.15) is 23.0 Å². The average molecular weight is 823 g/mol. The molecule has 9 rings (SSSR count). The lowest BCUT2D eigenvalue weighted by Gasteiger charge is -2.32. The first-order valence-electron chi connectivity index (χ1n) is 19.1. The molecule has 0 radical (unpaired) electrons. The third-order valence-electron chi connectivity index (χ3n) is 11.0. The molecule has 2 aliphatic heterocycles. The van der Waals surface area contributed by atoms with Crippen molar-refractivity contribution in [1.29, 1.82) is 0 Å². The number of carbonyl (C=O) groups excluding carboxylic acids is 4. The zero-order chi connectivity index (χ0) is 43.3. The molecule has 7 aromatic rings. The van der Waals surface area contributed by atoms with E-state index in [1.165, 1.54) is 24.3 Å². The minimum atomic E-state index is -0.643. The molecule has 0 aromatic heterocycles. The maximum absolute atomic E-state index is 13.1. The molecular formula is C48H30N4O10. The molecule has 0 atom stereocenters. The fraction of sp³-hybridized carbons (Fsp3) is 0.0417. The van der Waals surface area contributed by atoms with E-state index < -0.39 is 38.9 Å². The number of nitrogens with zero attached hydrogens (tertiary/aromatic N) is 4. The number of nitro benzene ring substituents is 2. The van der Waals surface area contributed by atoms with Crippen LogP contribution in [-0.2, 0) is 5.41 Å². The Morgan fingerprint density at radius 1 is 0.419 bits per heavy atom. The van der Waals surface area contributed by atoms with Gasteiger partial charge in [0.2, 0.25) is 0 Å². The summed E-state index contributed by atoms with van der Waals surface area (Å²) >= 11 is 0. The fourth-order valence-electron chi connectivity index (χ4n) is 7.74. The third-order valence-corrected chi connectivity index (χ3v) is 11.0. The van der Waals surface area contributed by atoms with Crippen molar-refractivity contribution in [3.05, 3.63) is 223 Å². The Labute approximate surface area is 352 Å². The SMILES string of the molecule is CC(c1ccccc1)(c1ccc(Oc2ccc(N3C(=O)c4ccc([N+](=O)[O-])cc4C3=O)cc2)cc1)c1ccc(Oc2ccc(N3C(=O)c4ccc([N+](=O)[O-])cc4C3=O)cc2)cc1. The van der Waals surface area contributed by atoms with Crippen molar-refractivity contribution in [2.75, 3.05) is 9.80 Å². The molecule has 7 aromatic carbocycles. The first-order valence-corrected chi connectivity index (χ1v) is 19.1. The maximum atomic E-state index is 13.1. The van der Waals surface area contributed by atoms with E-state index in [1.54, 1.807) is 48.5 Å². The number of rotatable bonds is 11. The summed E-state index contributed by atoms with van der Waals surface area (Å²) in [5, 5.41) is 22.5. The number of hydrogen-bond acceptors (Lipinski definition) is 10. The van der Waals surface area contributed by atoms with Gasteiger partial charge in [0, 0.05) is 29.7 Å². The lowest BCUT2D eigenvalue weighted by Crippen LogP contribution is -2.29. The summed E-state index contributed by atoms with van der Waals surface area (Å²) in [5.41, 5.74) is 2.58. The second-order valence-corrected chi connectivity index (χ2v) is 14.6. The summed E-state index contributed by atoms with van der Waals surface area (Å²) in [5.74, 6) is -0.405. The zero-order valence-electron chi connectivity index (χ0n) is 32.5. The van der Waals surface area contributed by atoms with Crippen LogP contribution in [-0.4, -0.2) is 33.5 Å². The Kier molecular flexibility index (Phi) is 9.44. The monoisotopic (exact) mass is 822 g/mol. The highest BCUT2D eigenvalue weighted by Gasteiger charge is 2.39. The number of nitro groups is 2. The fourth-order valence-corrected chi connectivity index (χ4v) is 7.74. The van der Waals surface area contributed by atoms with Crippen LogP contribution in [0.25, 0.3) is 0 Å². The minimum Gasteiger partial charge on any atom is -0.457 e. The molecule has 302 valence electrons. The van der Waals surface area contributed by atoms with Crippen LogP contribution >= 0.6 is 0 Å². The minimum absolute atomic E-state index is 0.0236. The van der Waals surface area contributed by atoms with Crippen LogP contribution in [0, 0.1) is 20.2 Å². The number of fused-ring (bicyclic) bond motifs is 2. The van der Waals surface area contributed by atoms with Crippen molar-refractivity contribution in [3.8, 4) is 23.0 Å². The van der Waals surface area contributed by atoms with E-state index in [9.17, 15) is 39.4 Å². The second-order valence-electron chi connectivity index (χ2n) is 14.6. The Balaban J connectivity index is 0.895. The predicted octanol–water partition coefficient (Wildman–Crippen LogP) is 10.0. The predicted molar refractivity (Wildman–Crippen MR) is 226 cm³/mol. The van der Waals surface area contributed by atoms with Gasteiger partial charge in [0.25, 0.3) is 35.0 Å². The molecule has 0 bridgehead atoms. The summed E-state index contributed by atoms with van der Waals surface area (Å²) in [6, 6.07) is 45.4. The van der Waals surface area contributed by atoms with Crippen LogP contribution in [0.15, 0.2) is 164 Å². The number of benzene rings is 7. The van der Waals surface area contributed by atoms with E-state index in [0.717, 1.165) is 38.6 Å². The molecule has 0 N–H and O–H groups in total. The second kappa shape index (κ2) is 15.1. The third kappa shape index (κ3) is 6.66. The van der Waals surface area contributed by atoms with Crippen LogP contribution in [0.5, 0.6) is 23.0 Å². The van der Waals surface area contributed by atoms with Gasteiger partial charge in [0.05, 0.1) is 43.5 Å². The van der Waals surface area contributed by atoms with Crippen molar-refractivity contribution in [3.63, 3.8) is 0 Å². The van der Waals surface area contributed by atoms with E-state index in [4.69, 9.17) is 9.47 Å². The van der Waals surface area contributed by atoms with Crippen LogP contribution < -0.4 is 19.3 Å². The summed E-state index contributed by atoms with van der Waals surface area (Å²) in [6.45, 7) is 2.13. The van der Waals surface area contributed by atoms with E-state index in [1.807, 2.05) is 66.7 Å². The first kappa shape index (κ1) is 38.7. The lowest BCUT2D eigenvalue weighted by molar-refractivity contribution is -0.385. The van der Waals surface area contributed by atoms with Crippen molar-refractivity contribution in [1.82, 2.24) is 0 Å². The molecule has 14 heteroatoms. The summed E-state index contributed by atoms with van der Waals surface area (Å²) < 4.78 is 12.3. The average Bonchev–Trinajstić information content (AvgIpc) is 3.70. The molecule has 0 spiro atoms. The first-order chi connectivity index (χ1) is 29.9. The van der Waals surface area contributed by atoms with Gasteiger partial charge in [-0.25, -0.2) is 9.80 Å². The number of ether oxygens (including phenoxy) is 2. The van der Waals surface area contributed by atoms with E-state index >= 15 is 0 Å². The number of hydrogen-bond donors (Lipinski definition) is 0. The molecule has 62 heavy (non-hydrogen) atoms. The van der Waals surface area contributed by atoms with E-state index in [2.05, 4.69) is 19.1 Å². The van der Waals surface area contributed by atoms with Crippen LogP contribution in [0.4, 0.5) is 22.7 Å². The van der Waals surface area contributed by atoms with Gasteiger partial charge in [-0.05, 0) is 109 Å². The quantitative estimate of drug-likeness (QED) is 0.0527. The van der Waals surface area contributed by atoms with Gasteiger partial charge in [-0.2, -0.15) is 0 Å². The van der Waals surface area contributed by atoms with Crippen molar-refractivity contribution < 1.29 is 38.5 Å². The van der Waals surface area contributed by atoms with Gasteiger partial charge in [-0.3, -0.25) is 39.4 Å². The molecule has 2 aliphatic rings. The largest absolute Gasteiger partial charge is 0.457 e. The van der Waals surface area contributed by atoms with Gasteiger partial charge in [0.15, 0.2) is 0 Å². The van der Waals surface area contributed by atoms with Crippen LogP contribution in [0.3, 0.4) is 0 Å². The molecule has 0 unspecified atom stereocenters. The molecule has 0 fully saturated rings. The molecule has 14 nitrogen and oxygen atoms in total. The van der Waals surface area contributed by atoms with Crippen molar-refractivity contribution in [2.24, 2.45) is 0 Å². The molecule has 4 amide bonds. The Morgan fingerprint density at radius 2 is 0.742 bits per heavy atom. The Morgan fingerprint density at radius 3 is 1.10 bits per heavy atom. The van der Waals surface area contributed by atoms with Crippen molar-refractivity contribution >= 4 is 46.4 Å². The highest BCUT2D eigenvalue weighted by molar-refractivity contribution is 6.35. The molecule has 0 aliphatic carbocycles. The Hall–Kier alpha value is -8.78. The summed E-state index contributed by atoms with van der Waals surface area (Å²) in [7, 11) is 0. The van der Waals surface area contributed by atoms with Gasteiger partial charge in [-0.15, -0.1) is 0 Å². The molecule has 2 heterocycles. The summed E-state index contributed by atoms with van der Waals surface area (Å²) in [6.07, 6.45) is 0. The highest BCUT2D eigenvalue weighted by atomic mass is 16.6. The summed E-state index contributed by atoms with van der Waals surface area (Å²) in [4.78, 5) is 75.5. The molecule has 0 saturated carbocycles. The topological polar surface area (TPSA) is 180 Å². The normalized spacial score (nSPS) is 13.2.